The van der Waals surface area contributed by atoms with Gasteiger partial charge in [-0.25, -0.2) is 4.79 Å². The van der Waals surface area contributed by atoms with Crippen molar-refractivity contribution in [2.75, 3.05) is 13.1 Å². The summed E-state index contributed by atoms with van der Waals surface area (Å²) in [5.41, 5.74) is 5.36. The molecule has 0 unspecified atom stereocenters. The maximum absolute atomic E-state index is 12.5. The molecule has 0 saturated heterocycles. The van der Waals surface area contributed by atoms with Gasteiger partial charge in [-0.05, 0) is 17.4 Å². The monoisotopic (exact) mass is 412 g/mol. The molecule has 156 valence electrons. The fourth-order valence-electron chi connectivity index (χ4n) is 2.43. The van der Waals surface area contributed by atoms with E-state index in [2.05, 4.69) is 16.0 Å². The van der Waals surface area contributed by atoms with Crippen LogP contribution in [0.5, 0.6) is 0 Å². The Hall–Kier alpha value is -2.46. The van der Waals surface area contributed by atoms with Gasteiger partial charge in [0.15, 0.2) is 0 Å². The number of carboxylic acid groups (broad SMARTS) is 1. The largest absolute Gasteiger partial charge is 0.480 e. The van der Waals surface area contributed by atoms with Gasteiger partial charge >= 0.3 is 5.97 Å². The van der Waals surface area contributed by atoms with Crippen LogP contribution in [-0.2, 0) is 25.6 Å². The predicted molar refractivity (Wildman–Crippen MR) is 106 cm³/mol. The Morgan fingerprint density at radius 2 is 1.93 bits per heavy atom. The lowest BCUT2D eigenvalue weighted by molar-refractivity contribution is -0.143. The van der Waals surface area contributed by atoms with E-state index >= 15 is 0 Å². The number of carboxylic acids is 1. The number of amides is 3. The molecular weight excluding hydrogens is 384 g/mol. The highest BCUT2D eigenvalue weighted by atomic mass is 32.1. The topological polar surface area (TPSA) is 151 Å². The standard InChI is InChI=1S/C18H28N4O5S/c1-3-11(2)16(18(26)27)22-15(24)10-20-17(25)13(21-14(23)6-7-19)9-12-5-4-8-28-12/h4-5,8,11,13,16H,3,6-7,9-10,19H2,1-2H3,(H,20,25)(H,21,23)(H,22,24)(H,26,27)/t11-,13-,16-/m0/s1. The van der Waals surface area contributed by atoms with Crippen molar-refractivity contribution in [1.82, 2.24) is 16.0 Å². The van der Waals surface area contributed by atoms with E-state index < -0.39 is 29.9 Å². The lowest BCUT2D eigenvalue weighted by atomic mass is 9.99. The van der Waals surface area contributed by atoms with E-state index in [4.69, 9.17) is 5.73 Å². The molecule has 0 aliphatic rings. The molecule has 9 nitrogen and oxygen atoms in total. The second-order valence-corrected chi connectivity index (χ2v) is 7.46. The highest BCUT2D eigenvalue weighted by Gasteiger charge is 2.26. The second-order valence-electron chi connectivity index (χ2n) is 6.43. The molecule has 0 saturated carbocycles. The average Bonchev–Trinajstić information content (AvgIpc) is 3.16. The Kier molecular flexibility index (Phi) is 10.2. The summed E-state index contributed by atoms with van der Waals surface area (Å²) in [6.07, 6.45) is 0.954. The zero-order chi connectivity index (χ0) is 21.1. The van der Waals surface area contributed by atoms with Gasteiger partial charge in [-0.3, -0.25) is 14.4 Å². The van der Waals surface area contributed by atoms with E-state index in [1.807, 2.05) is 24.4 Å². The van der Waals surface area contributed by atoms with Crippen LogP contribution in [-0.4, -0.2) is 54.0 Å². The third-order valence-electron chi connectivity index (χ3n) is 4.23. The zero-order valence-corrected chi connectivity index (χ0v) is 16.9. The average molecular weight is 413 g/mol. The first kappa shape index (κ1) is 23.6. The molecule has 0 aliphatic carbocycles. The van der Waals surface area contributed by atoms with Crippen molar-refractivity contribution < 1.29 is 24.3 Å². The van der Waals surface area contributed by atoms with Gasteiger partial charge in [-0.2, -0.15) is 0 Å². The molecule has 1 heterocycles. The molecule has 0 aliphatic heterocycles. The van der Waals surface area contributed by atoms with Crippen LogP contribution in [0.15, 0.2) is 17.5 Å². The van der Waals surface area contributed by atoms with E-state index in [1.54, 1.807) is 6.92 Å². The van der Waals surface area contributed by atoms with Crippen LogP contribution in [0.25, 0.3) is 0 Å². The fourth-order valence-corrected chi connectivity index (χ4v) is 3.19. The lowest BCUT2D eigenvalue weighted by Crippen LogP contribution is -2.52. The van der Waals surface area contributed by atoms with Gasteiger partial charge in [-0.1, -0.05) is 26.3 Å². The highest BCUT2D eigenvalue weighted by Crippen LogP contribution is 2.11. The van der Waals surface area contributed by atoms with E-state index in [9.17, 15) is 24.3 Å². The molecule has 0 bridgehead atoms. The van der Waals surface area contributed by atoms with Crippen molar-refractivity contribution >= 4 is 35.0 Å². The van der Waals surface area contributed by atoms with Gasteiger partial charge in [0.25, 0.3) is 0 Å². The molecule has 0 fully saturated rings. The number of rotatable bonds is 12. The first-order valence-electron chi connectivity index (χ1n) is 9.10. The Morgan fingerprint density at radius 3 is 2.46 bits per heavy atom. The van der Waals surface area contributed by atoms with Crippen molar-refractivity contribution in [3.8, 4) is 0 Å². The summed E-state index contributed by atoms with van der Waals surface area (Å²) in [5.74, 6) is -2.86. The SMILES string of the molecule is CC[C@H](C)[C@H](NC(=O)CNC(=O)[C@H](Cc1cccs1)NC(=O)CCN)C(=O)O. The van der Waals surface area contributed by atoms with E-state index in [0.717, 1.165) is 4.88 Å². The Bertz CT molecular complexity index is 665. The molecule has 6 N–H and O–H groups in total. The molecule has 1 aromatic rings. The van der Waals surface area contributed by atoms with Crippen LogP contribution in [0.3, 0.4) is 0 Å². The van der Waals surface area contributed by atoms with E-state index in [0.29, 0.717) is 6.42 Å². The number of nitrogens with two attached hydrogens (primary N) is 1. The molecule has 1 aromatic heterocycles. The maximum atomic E-state index is 12.5. The van der Waals surface area contributed by atoms with Crippen LogP contribution in [0.4, 0.5) is 0 Å². The number of carbonyl (C=O) groups excluding carboxylic acids is 3. The molecule has 0 radical (unpaired) electrons. The molecule has 0 aromatic carbocycles. The normalized spacial score (nSPS) is 13.8. The van der Waals surface area contributed by atoms with Gasteiger partial charge < -0.3 is 26.8 Å². The number of aliphatic carboxylic acids is 1. The predicted octanol–water partition coefficient (Wildman–Crippen LogP) is -0.144. The smallest absolute Gasteiger partial charge is 0.326 e. The highest BCUT2D eigenvalue weighted by molar-refractivity contribution is 7.09. The molecular formula is C18H28N4O5S. The second kappa shape index (κ2) is 12.1. The zero-order valence-electron chi connectivity index (χ0n) is 16.1. The third-order valence-corrected chi connectivity index (χ3v) is 5.13. The molecule has 28 heavy (non-hydrogen) atoms. The summed E-state index contributed by atoms with van der Waals surface area (Å²) < 4.78 is 0. The minimum Gasteiger partial charge on any atom is -0.480 e. The van der Waals surface area contributed by atoms with E-state index in [1.165, 1.54) is 11.3 Å². The Labute approximate surface area is 168 Å². The minimum atomic E-state index is -1.13. The van der Waals surface area contributed by atoms with Crippen molar-refractivity contribution in [3.63, 3.8) is 0 Å². The summed E-state index contributed by atoms with van der Waals surface area (Å²) >= 11 is 1.45. The van der Waals surface area contributed by atoms with Gasteiger partial charge in [0.05, 0.1) is 6.54 Å². The molecule has 1 rings (SSSR count). The summed E-state index contributed by atoms with van der Waals surface area (Å²) in [4.78, 5) is 48.6. The first-order chi connectivity index (χ1) is 13.3. The Morgan fingerprint density at radius 1 is 1.21 bits per heavy atom. The van der Waals surface area contributed by atoms with Crippen molar-refractivity contribution in [3.05, 3.63) is 22.4 Å². The van der Waals surface area contributed by atoms with Gasteiger partial charge in [-0.15, -0.1) is 11.3 Å². The molecule has 3 atom stereocenters. The summed E-state index contributed by atoms with van der Waals surface area (Å²) in [6, 6.07) is 1.80. The number of hydrogen-bond donors (Lipinski definition) is 5. The molecule has 0 spiro atoms. The Balaban J connectivity index is 2.66. The van der Waals surface area contributed by atoms with Crippen molar-refractivity contribution in [1.29, 1.82) is 0 Å². The first-order valence-corrected chi connectivity index (χ1v) is 9.98. The number of hydrogen-bond acceptors (Lipinski definition) is 6. The van der Waals surface area contributed by atoms with Crippen LogP contribution >= 0.6 is 11.3 Å². The van der Waals surface area contributed by atoms with E-state index in [-0.39, 0.29) is 37.8 Å². The minimum absolute atomic E-state index is 0.0872. The summed E-state index contributed by atoms with van der Waals surface area (Å²) in [7, 11) is 0. The maximum Gasteiger partial charge on any atom is 0.326 e. The quantitative estimate of drug-likeness (QED) is 0.322. The lowest BCUT2D eigenvalue weighted by Gasteiger charge is -2.21. The summed E-state index contributed by atoms with van der Waals surface area (Å²) in [6.45, 7) is 3.33. The van der Waals surface area contributed by atoms with Crippen molar-refractivity contribution in [2.24, 2.45) is 11.7 Å². The van der Waals surface area contributed by atoms with Gasteiger partial charge in [0.1, 0.15) is 12.1 Å². The molecule has 3 amide bonds. The fraction of sp³-hybridized carbons (Fsp3) is 0.556. The van der Waals surface area contributed by atoms with Crippen LogP contribution in [0, 0.1) is 5.92 Å². The van der Waals surface area contributed by atoms with Gasteiger partial charge in [0.2, 0.25) is 17.7 Å². The van der Waals surface area contributed by atoms with Crippen molar-refractivity contribution in [2.45, 2.75) is 45.2 Å². The molecule has 10 heteroatoms. The van der Waals surface area contributed by atoms with Gasteiger partial charge in [0, 0.05) is 24.3 Å². The summed E-state index contributed by atoms with van der Waals surface area (Å²) in [5, 5.41) is 18.6. The number of nitrogens with one attached hydrogen (secondary N) is 3. The number of carbonyl (C=O) groups is 4. The van der Waals surface area contributed by atoms with Crippen LogP contribution in [0.1, 0.15) is 31.6 Å². The van der Waals surface area contributed by atoms with Crippen LogP contribution < -0.4 is 21.7 Å². The number of thiophene rings is 1. The van der Waals surface area contributed by atoms with Crippen LogP contribution in [0.2, 0.25) is 0 Å². The third kappa shape index (κ3) is 8.05.